The summed E-state index contributed by atoms with van der Waals surface area (Å²) in [6.45, 7) is 0. The monoisotopic (exact) mass is 262 g/mol. The second kappa shape index (κ2) is 6.94. The summed E-state index contributed by atoms with van der Waals surface area (Å²) in [5.74, 6) is -2.08. The fraction of sp³-hybridized carbons (Fsp3) is 0. The van der Waals surface area contributed by atoms with E-state index in [-0.39, 0.29) is 74.3 Å². The molecule has 1 aromatic rings. The van der Waals surface area contributed by atoms with Gasteiger partial charge in [-0.25, -0.2) is 4.79 Å². The van der Waals surface area contributed by atoms with E-state index in [1.54, 1.807) is 0 Å². The molecule has 0 amide bonds. The standard InChI is InChI=1S/C7H6O4S.ClH.K.H/c8-4-1-3(7(10)11)2-5(12)6(4)9;;;/h1-2,8-9,12H,(H,10,11);1H;;. The molecule has 0 spiro atoms. The summed E-state index contributed by atoms with van der Waals surface area (Å²) in [6, 6.07) is 2.11. The van der Waals surface area contributed by atoms with E-state index >= 15 is 0 Å². The molecule has 0 aliphatic carbocycles. The van der Waals surface area contributed by atoms with Crippen molar-refractivity contribution in [2.45, 2.75) is 4.90 Å². The number of phenolic OH excluding ortho intramolecular Hbond substituents is 2. The molecule has 0 atom stereocenters. The molecule has 0 fully saturated rings. The number of thiol groups is 1. The summed E-state index contributed by atoms with van der Waals surface area (Å²) >= 11 is 3.76. The number of benzene rings is 1. The van der Waals surface area contributed by atoms with Crippen LogP contribution in [0.25, 0.3) is 0 Å². The third-order valence-electron chi connectivity index (χ3n) is 1.32. The molecule has 0 heterocycles. The molecule has 3 N–H and O–H groups in total. The molecular formula is C7H8ClKO4S. The van der Waals surface area contributed by atoms with Gasteiger partial charge in [0.2, 0.25) is 0 Å². The third kappa shape index (κ3) is 3.97. The maximum atomic E-state index is 10.4. The molecular weight excluding hydrogens is 255 g/mol. The second-order valence-electron chi connectivity index (χ2n) is 2.17. The SMILES string of the molecule is Cl.O=C(O)c1cc(O)c(O)c(S)c1.[KH]. The number of hydrogen-bond donors (Lipinski definition) is 4. The van der Waals surface area contributed by atoms with Crippen LogP contribution in [-0.2, 0) is 0 Å². The number of aromatic hydroxyl groups is 2. The van der Waals surface area contributed by atoms with Crippen molar-refractivity contribution in [3.8, 4) is 11.5 Å². The molecule has 0 unspecified atom stereocenters. The molecule has 1 aromatic carbocycles. The summed E-state index contributed by atoms with van der Waals surface area (Å²) in [6.07, 6.45) is 0. The Labute approximate surface area is 135 Å². The van der Waals surface area contributed by atoms with Crippen molar-refractivity contribution >= 4 is 82.4 Å². The van der Waals surface area contributed by atoms with Crippen molar-refractivity contribution in [2.75, 3.05) is 0 Å². The quantitative estimate of drug-likeness (QED) is 0.344. The molecule has 0 saturated carbocycles. The van der Waals surface area contributed by atoms with Crippen molar-refractivity contribution in [1.82, 2.24) is 0 Å². The Hall–Kier alpha value is 0.566. The molecule has 0 radical (unpaired) electrons. The Kier molecular flexibility index (Phi) is 8.42. The van der Waals surface area contributed by atoms with E-state index < -0.39 is 17.5 Å². The van der Waals surface area contributed by atoms with Gasteiger partial charge in [0.05, 0.1) is 10.5 Å². The van der Waals surface area contributed by atoms with Crippen LogP contribution in [0, 0.1) is 0 Å². The minimum absolute atomic E-state index is 0. The summed E-state index contributed by atoms with van der Waals surface area (Å²) in [5, 5.41) is 26.5. The Morgan fingerprint density at radius 3 is 2.14 bits per heavy atom. The first kappa shape index (κ1) is 17.0. The molecule has 1 rings (SSSR count). The molecule has 0 aliphatic rings. The van der Waals surface area contributed by atoms with Crippen LogP contribution in [0.5, 0.6) is 11.5 Å². The van der Waals surface area contributed by atoms with Crippen LogP contribution in [0.1, 0.15) is 10.4 Å². The fourth-order valence-corrected chi connectivity index (χ4v) is 0.981. The topological polar surface area (TPSA) is 77.8 Å². The third-order valence-corrected chi connectivity index (χ3v) is 1.66. The van der Waals surface area contributed by atoms with E-state index in [2.05, 4.69) is 12.6 Å². The van der Waals surface area contributed by atoms with E-state index in [1.807, 2.05) is 0 Å². The van der Waals surface area contributed by atoms with Crippen LogP contribution in [0.15, 0.2) is 17.0 Å². The van der Waals surface area contributed by atoms with Crippen molar-refractivity contribution in [1.29, 1.82) is 0 Å². The first-order valence-electron chi connectivity index (χ1n) is 3.00. The van der Waals surface area contributed by atoms with Gasteiger partial charge in [0.15, 0.2) is 11.5 Å². The number of carbonyl (C=O) groups is 1. The fourth-order valence-electron chi connectivity index (χ4n) is 0.728. The van der Waals surface area contributed by atoms with Gasteiger partial charge in [-0.1, -0.05) is 0 Å². The molecule has 0 aliphatic heterocycles. The molecule has 0 saturated heterocycles. The number of hydrogen-bond acceptors (Lipinski definition) is 4. The van der Waals surface area contributed by atoms with Gasteiger partial charge in [0, 0.05) is 0 Å². The first-order valence-corrected chi connectivity index (χ1v) is 3.45. The van der Waals surface area contributed by atoms with Crippen LogP contribution in [-0.4, -0.2) is 72.7 Å². The first-order chi connectivity index (χ1) is 5.52. The van der Waals surface area contributed by atoms with Gasteiger partial charge in [0.1, 0.15) is 0 Å². The van der Waals surface area contributed by atoms with Gasteiger partial charge in [-0.3, -0.25) is 0 Å². The van der Waals surface area contributed by atoms with Crippen molar-refractivity contribution in [3.05, 3.63) is 17.7 Å². The van der Waals surface area contributed by atoms with E-state index in [0.717, 1.165) is 12.1 Å². The number of phenols is 2. The van der Waals surface area contributed by atoms with Crippen LogP contribution >= 0.6 is 25.0 Å². The predicted octanol–water partition coefficient (Wildman–Crippen LogP) is 0.858. The van der Waals surface area contributed by atoms with Crippen LogP contribution in [0.2, 0.25) is 0 Å². The zero-order valence-electron chi connectivity index (χ0n) is 6.26. The Morgan fingerprint density at radius 2 is 1.79 bits per heavy atom. The van der Waals surface area contributed by atoms with Crippen molar-refractivity contribution in [2.24, 2.45) is 0 Å². The maximum absolute atomic E-state index is 10.4. The summed E-state index contributed by atoms with van der Waals surface area (Å²) in [5.41, 5.74) is -0.115. The average molecular weight is 263 g/mol. The van der Waals surface area contributed by atoms with Gasteiger partial charge >= 0.3 is 57.4 Å². The van der Waals surface area contributed by atoms with Crippen molar-refractivity contribution < 1.29 is 20.1 Å². The zero-order chi connectivity index (χ0) is 9.30. The number of carboxylic acid groups (broad SMARTS) is 1. The van der Waals surface area contributed by atoms with Crippen LogP contribution < -0.4 is 0 Å². The number of carboxylic acids is 1. The number of halogens is 1. The van der Waals surface area contributed by atoms with Crippen LogP contribution in [0.4, 0.5) is 0 Å². The normalized spacial score (nSPS) is 8.36. The molecule has 14 heavy (non-hydrogen) atoms. The molecule has 0 aromatic heterocycles. The average Bonchev–Trinajstić information content (AvgIpc) is 1.99. The zero-order valence-corrected chi connectivity index (χ0v) is 7.97. The van der Waals surface area contributed by atoms with Gasteiger partial charge in [-0.15, -0.1) is 25.0 Å². The van der Waals surface area contributed by atoms with Gasteiger partial charge in [0.25, 0.3) is 0 Å². The molecule has 0 bridgehead atoms. The van der Waals surface area contributed by atoms with Gasteiger partial charge < -0.3 is 15.3 Å². The van der Waals surface area contributed by atoms with Gasteiger partial charge in [-0.05, 0) is 12.1 Å². The van der Waals surface area contributed by atoms with Gasteiger partial charge in [-0.2, -0.15) is 0 Å². The van der Waals surface area contributed by atoms with E-state index in [0.29, 0.717) is 0 Å². The molecule has 74 valence electrons. The number of aromatic carboxylic acids is 1. The summed E-state index contributed by atoms with van der Waals surface area (Å²) in [4.78, 5) is 10.4. The molecule has 4 nitrogen and oxygen atoms in total. The van der Waals surface area contributed by atoms with Crippen LogP contribution in [0.3, 0.4) is 0 Å². The Balaban J connectivity index is 0. The predicted molar refractivity (Wildman–Crippen MR) is 58.4 cm³/mol. The minimum atomic E-state index is -1.18. The van der Waals surface area contributed by atoms with Crippen molar-refractivity contribution in [3.63, 3.8) is 0 Å². The molecule has 7 heteroatoms. The Morgan fingerprint density at radius 1 is 1.29 bits per heavy atom. The second-order valence-corrected chi connectivity index (χ2v) is 2.65. The number of rotatable bonds is 1. The summed E-state index contributed by atoms with van der Waals surface area (Å²) < 4.78 is 0. The van der Waals surface area contributed by atoms with E-state index in [1.165, 1.54) is 0 Å². The van der Waals surface area contributed by atoms with E-state index in [9.17, 15) is 4.79 Å². The Bertz CT molecular complexity index is 321. The van der Waals surface area contributed by atoms with E-state index in [4.69, 9.17) is 15.3 Å². The summed E-state index contributed by atoms with van der Waals surface area (Å²) in [7, 11) is 0.